The number of carbonyl (C=O) groups is 2. The van der Waals surface area contributed by atoms with Gasteiger partial charge in [-0.25, -0.2) is 0 Å². The highest BCUT2D eigenvalue weighted by Crippen LogP contribution is 2.15. The lowest BCUT2D eigenvalue weighted by Crippen LogP contribution is -2.46. The number of hydrogen-bond donors (Lipinski definition) is 2. The quantitative estimate of drug-likeness (QED) is 0.637. The normalized spacial score (nSPS) is 15.7. The monoisotopic (exact) mass is 297 g/mol. The standard InChI is InChI=1S/C16H31N3O2/c1-3-13-19(15-8-11-17-12-9-15)16(21)7-5-4-6-10-18-14(2)20/h15,17H,3-13H2,1-2H3,(H,18,20). The third-order valence-electron chi connectivity index (χ3n) is 3.98. The van der Waals surface area contributed by atoms with Crippen molar-refractivity contribution in [1.82, 2.24) is 15.5 Å². The van der Waals surface area contributed by atoms with Crippen molar-refractivity contribution in [3.05, 3.63) is 0 Å². The largest absolute Gasteiger partial charge is 0.356 e. The minimum Gasteiger partial charge on any atom is -0.356 e. The van der Waals surface area contributed by atoms with Crippen molar-refractivity contribution < 1.29 is 9.59 Å². The molecule has 1 heterocycles. The molecular weight excluding hydrogens is 266 g/mol. The summed E-state index contributed by atoms with van der Waals surface area (Å²) in [5.41, 5.74) is 0. The summed E-state index contributed by atoms with van der Waals surface area (Å²) in [6.07, 6.45) is 6.69. The maximum absolute atomic E-state index is 12.4. The van der Waals surface area contributed by atoms with Gasteiger partial charge in [-0.3, -0.25) is 9.59 Å². The van der Waals surface area contributed by atoms with Crippen LogP contribution in [-0.4, -0.2) is 48.9 Å². The molecule has 21 heavy (non-hydrogen) atoms. The molecule has 5 heteroatoms. The molecule has 122 valence electrons. The van der Waals surface area contributed by atoms with Crippen LogP contribution in [0.4, 0.5) is 0 Å². The van der Waals surface area contributed by atoms with E-state index in [-0.39, 0.29) is 5.91 Å². The van der Waals surface area contributed by atoms with E-state index >= 15 is 0 Å². The van der Waals surface area contributed by atoms with E-state index in [2.05, 4.69) is 22.5 Å². The van der Waals surface area contributed by atoms with Crippen LogP contribution < -0.4 is 10.6 Å². The maximum atomic E-state index is 12.4. The summed E-state index contributed by atoms with van der Waals surface area (Å²) in [4.78, 5) is 25.3. The van der Waals surface area contributed by atoms with E-state index < -0.39 is 0 Å². The number of nitrogens with zero attached hydrogens (tertiary/aromatic N) is 1. The number of nitrogens with one attached hydrogen (secondary N) is 2. The van der Waals surface area contributed by atoms with Crippen LogP contribution in [0.15, 0.2) is 0 Å². The predicted octanol–water partition coefficient (Wildman–Crippen LogP) is 1.67. The fourth-order valence-corrected chi connectivity index (χ4v) is 2.86. The van der Waals surface area contributed by atoms with Crippen molar-refractivity contribution in [1.29, 1.82) is 0 Å². The van der Waals surface area contributed by atoms with Gasteiger partial charge in [0.2, 0.25) is 11.8 Å². The van der Waals surface area contributed by atoms with Gasteiger partial charge in [-0.15, -0.1) is 0 Å². The Bertz CT molecular complexity index is 315. The lowest BCUT2D eigenvalue weighted by atomic mass is 10.0. The molecule has 5 nitrogen and oxygen atoms in total. The van der Waals surface area contributed by atoms with Crippen LogP contribution in [0, 0.1) is 0 Å². The van der Waals surface area contributed by atoms with E-state index in [0.29, 0.717) is 18.4 Å². The van der Waals surface area contributed by atoms with Gasteiger partial charge in [-0.05, 0) is 45.2 Å². The predicted molar refractivity (Wildman–Crippen MR) is 85.0 cm³/mol. The summed E-state index contributed by atoms with van der Waals surface area (Å²) in [6.45, 7) is 7.32. The first kappa shape index (κ1) is 18.0. The maximum Gasteiger partial charge on any atom is 0.222 e. The van der Waals surface area contributed by atoms with E-state index in [1.54, 1.807) is 0 Å². The van der Waals surface area contributed by atoms with E-state index in [0.717, 1.165) is 64.7 Å². The van der Waals surface area contributed by atoms with Gasteiger partial charge in [0.05, 0.1) is 0 Å². The van der Waals surface area contributed by atoms with Crippen LogP contribution in [0.25, 0.3) is 0 Å². The van der Waals surface area contributed by atoms with Crippen LogP contribution in [-0.2, 0) is 9.59 Å². The third-order valence-corrected chi connectivity index (χ3v) is 3.98. The Morgan fingerprint density at radius 1 is 1.19 bits per heavy atom. The Labute approximate surface area is 128 Å². The molecule has 0 unspecified atom stereocenters. The number of hydrogen-bond acceptors (Lipinski definition) is 3. The van der Waals surface area contributed by atoms with E-state index in [4.69, 9.17) is 0 Å². The number of carbonyl (C=O) groups excluding carboxylic acids is 2. The van der Waals surface area contributed by atoms with Crippen molar-refractivity contribution in [2.45, 2.75) is 64.8 Å². The van der Waals surface area contributed by atoms with Gasteiger partial charge in [0.25, 0.3) is 0 Å². The van der Waals surface area contributed by atoms with E-state index in [1.807, 2.05) is 0 Å². The zero-order valence-electron chi connectivity index (χ0n) is 13.6. The van der Waals surface area contributed by atoms with E-state index in [9.17, 15) is 9.59 Å². The molecule has 0 bridgehead atoms. The Balaban J connectivity index is 2.24. The number of amides is 2. The van der Waals surface area contributed by atoms with Crippen molar-refractivity contribution in [2.75, 3.05) is 26.2 Å². The highest BCUT2D eigenvalue weighted by molar-refractivity contribution is 5.76. The number of piperidine rings is 1. The molecule has 0 spiro atoms. The summed E-state index contributed by atoms with van der Waals surface area (Å²) in [5, 5.41) is 6.14. The Morgan fingerprint density at radius 2 is 1.90 bits per heavy atom. The second-order valence-corrected chi connectivity index (χ2v) is 5.86. The highest BCUT2D eigenvalue weighted by atomic mass is 16.2. The molecule has 1 aliphatic heterocycles. The summed E-state index contributed by atoms with van der Waals surface area (Å²) < 4.78 is 0. The van der Waals surface area contributed by atoms with E-state index in [1.165, 1.54) is 6.92 Å². The summed E-state index contributed by atoms with van der Waals surface area (Å²) >= 11 is 0. The van der Waals surface area contributed by atoms with Gasteiger partial charge in [-0.1, -0.05) is 13.3 Å². The number of unbranched alkanes of at least 4 members (excludes halogenated alkanes) is 2. The second-order valence-electron chi connectivity index (χ2n) is 5.86. The summed E-state index contributed by atoms with van der Waals surface area (Å²) in [7, 11) is 0. The fraction of sp³-hybridized carbons (Fsp3) is 0.875. The average Bonchev–Trinajstić information content (AvgIpc) is 2.48. The Kier molecular flexibility index (Phi) is 9.06. The van der Waals surface area contributed by atoms with Crippen molar-refractivity contribution in [3.63, 3.8) is 0 Å². The molecule has 0 atom stereocenters. The molecular formula is C16H31N3O2. The molecule has 0 radical (unpaired) electrons. The third kappa shape index (κ3) is 7.46. The van der Waals surface area contributed by atoms with Crippen LogP contribution in [0.3, 0.4) is 0 Å². The first-order chi connectivity index (χ1) is 10.1. The minimum absolute atomic E-state index is 0.0195. The first-order valence-electron chi connectivity index (χ1n) is 8.39. The molecule has 1 fully saturated rings. The van der Waals surface area contributed by atoms with Gasteiger partial charge in [0, 0.05) is 32.5 Å². The van der Waals surface area contributed by atoms with Crippen LogP contribution >= 0.6 is 0 Å². The zero-order valence-corrected chi connectivity index (χ0v) is 13.6. The average molecular weight is 297 g/mol. The zero-order chi connectivity index (χ0) is 15.5. The van der Waals surface area contributed by atoms with Gasteiger partial charge < -0.3 is 15.5 Å². The fourth-order valence-electron chi connectivity index (χ4n) is 2.86. The Hall–Kier alpha value is -1.10. The van der Waals surface area contributed by atoms with Crippen molar-refractivity contribution in [3.8, 4) is 0 Å². The van der Waals surface area contributed by atoms with Crippen LogP contribution in [0.1, 0.15) is 58.8 Å². The molecule has 0 aromatic rings. The SMILES string of the molecule is CCCN(C(=O)CCCCCNC(C)=O)C1CCNCC1. The summed E-state index contributed by atoms with van der Waals surface area (Å²) in [5.74, 6) is 0.328. The van der Waals surface area contributed by atoms with Gasteiger partial charge in [0.1, 0.15) is 0 Å². The van der Waals surface area contributed by atoms with Crippen molar-refractivity contribution >= 4 is 11.8 Å². The minimum atomic E-state index is 0.0195. The second kappa shape index (κ2) is 10.6. The van der Waals surface area contributed by atoms with Crippen molar-refractivity contribution in [2.24, 2.45) is 0 Å². The lowest BCUT2D eigenvalue weighted by molar-refractivity contribution is -0.134. The molecule has 0 aromatic carbocycles. The molecule has 0 aromatic heterocycles. The smallest absolute Gasteiger partial charge is 0.222 e. The topological polar surface area (TPSA) is 61.4 Å². The first-order valence-corrected chi connectivity index (χ1v) is 8.39. The molecule has 0 aliphatic carbocycles. The highest BCUT2D eigenvalue weighted by Gasteiger charge is 2.23. The van der Waals surface area contributed by atoms with Gasteiger partial charge in [0.15, 0.2) is 0 Å². The Morgan fingerprint density at radius 3 is 2.52 bits per heavy atom. The molecule has 2 amide bonds. The van der Waals surface area contributed by atoms with Crippen LogP contribution in [0.5, 0.6) is 0 Å². The molecule has 1 rings (SSSR count). The van der Waals surface area contributed by atoms with Gasteiger partial charge >= 0.3 is 0 Å². The molecule has 2 N–H and O–H groups in total. The van der Waals surface area contributed by atoms with Gasteiger partial charge in [-0.2, -0.15) is 0 Å². The molecule has 0 saturated carbocycles. The number of rotatable bonds is 9. The molecule has 1 aliphatic rings. The summed E-state index contributed by atoms with van der Waals surface area (Å²) in [6, 6.07) is 0.429. The van der Waals surface area contributed by atoms with Crippen LogP contribution in [0.2, 0.25) is 0 Å². The molecule has 1 saturated heterocycles. The lowest BCUT2D eigenvalue weighted by Gasteiger charge is -2.34.